The molecule has 0 aliphatic heterocycles. The first-order chi connectivity index (χ1) is 9.72. The monoisotopic (exact) mass is 264 g/mol. The fraction of sp³-hybridized carbons (Fsp3) is 0.125. The summed E-state index contributed by atoms with van der Waals surface area (Å²) in [6.45, 7) is 2.75. The predicted molar refractivity (Wildman–Crippen MR) is 82.5 cm³/mol. The molecule has 3 N–H and O–H groups in total. The Morgan fingerprint density at radius 3 is 2.55 bits per heavy atom. The van der Waals surface area contributed by atoms with Crippen molar-refractivity contribution in [3.63, 3.8) is 0 Å². The zero-order valence-corrected chi connectivity index (χ0v) is 11.3. The Hall–Kier alpha value is -2.62. The van der Waals surface area contributed by atoms with Gasteiger partial charge in [-0.25, -0.2) is 4.98 Å². The number of nitrogens with one attached hydrogen (secondary N) is 1. The number of para-hydroxylation sites is 1. The molecular weight excluding hydrogens is 248 g/mol. The minimum Gasteiger partial charge on any atom is -0.383 e. The maximum Gasteiger partial charge on any atom is 0.225 e. The van der Waals surface area contributed by atoms with Crippen LogP contribution in [0.4, 0.5) is 11.8 Å². The highest BCUT2D eigenvalue weighted by Crippen LogP contribution is 2.19. The summed E-state index contributed by atoms with van der Waals surface area (Å²) in [6, 6.07) is 16.1. The smallest absolute Gasteiger partial charge is 0.225 e. The van der Waals surface area contributed by atoms with Gasteiger partial charge in [-0.3, -0.25) is 0 Å². The first kappa shape index (κ1) is 12.4. The number of anilines is 2. The number of nitrogens with zero attached hydrogens (tertiary/aromatic N) is 2. The highest BCUT2D eigenvalue weighted by Gasteiger charge is 2.04. The van der Waals surface area contributed by atoms with Gasteiger partial charge in [-0.2, -0.15) is 4.98 Å². The van der Waals surface area contributed by atoms with Crippen LogP contribution in [0, 0.1) is 6.92 Å². The SMILES string of the molecule is Cc1ccc(CNc2nc(N)c3ccccc3n2)cc1. The molecule has 2 aromatic carbocycles. The first-order valence-corrected chi connectivity index (χ1v) is 6.54. The van der Waals surface area contributed by atoms with Crippen molar-refractivity contribution in [3.05, 3.63) is 59.7 Å². The molecule has 0 unspecified atom stereocenters. The molecule has 20 heavy (non-hydrogen) atoms. The number of aromatic nitrogens is 2. The van der Waals surface area contributed by atoms with Crippen LogP contribution in [0.3, 0.4) is 0 Å². The number of nitrogen functional groups attached to an aromatic ring is 1. The molecule has 0 amide bonds. The van der Waals surface area contributed by atoms with Crippen LogP contribution in [-0.4, -0.2) is 9.97 Å². The van der Waals surface area contributed by atoms with E-state index in [0.717, 1.165) is 10.9 Å². The molecule has 3 aromatic rings. The molecule has 100 valence electrons. The molecule has 0 aliphatic carbocycles. The Morgan fingerprint density at radius 2 is 1.75 bits per heavy atom. The van der Waals surface area contributed by atoms with Gasteiger partial charge in [0, 0.05) is 11.9 Å². The number of nitrogens with two attached hydrogens (primary N) is 1. The Labute approximate surface area is 117 Å². The van der Waals surface area contributed by atoms with E-state index < -0.39 is 0 Å². The molecule has 0 atom stereocenters. The van der Waals surface area contributed by atoms with Crippen LogP contribution in [0.15, 0.2) is 48.5 Å². The van der Waals surface area contributed by atoms with Gasteiger partial charge >= 0.3 is 0 Å². The van der Waals surface area contributed by atoms with Gasteiger partial charge in [0.05, 0.1) is 5.52 Å². The van der Waals surface area contributed by atoms with E-state index in [9.17, 15) is 0 Å². The quantitative estimate of drug-likeness (QED) is 0.763. The molecule has 1 aromatic heterocycles. The van der Waals surface area contributed by atoms with E-state index in [2.05, 4.69) is 46.5 Å². The average molecular weight is 264 g/mol. The normalized spacial score (nSPS) is 10.7. The lowest BCUT2D eigenvalue weighted by Crippen LogP contribution is -2.05. The molecule has 0 fully saturated rings. The Morgan fingerprint density at radius 1 is 1.00 bits per heavy atom. The number of benzene rings is 2. The van der Waals surface area contributed by atoms with Crippen LogP contribution in [0.25, 0.3) is 10.9 Å². The third-order valence-electron chi connectivity index (χ3n) is 3.20. The molecule has 4 nitrogen and oxygen atoms in total. The fourth-order valence-electron chi connectivity index (χ4n) is 2.07. The molecule has 0 radical (unpaired) electrons. The zero-order valence-electron chi connectivity index (χ0n) is 11.3. The molecule has 1 heterocycles. The largest absolute Gasteiger partial charge is 0.383 e. The molecular formula is C16H16N4. The second-order valence-corrected chi connectivity index (χ2v) is 4.79. The number of fused-ring (bicyclic) bond motifs is 1. The zero-order chi connectivity index (χ0) is 13.9. The van der Waals surface area contributed by atoms with Crippen LogP contribution < -0.4 is 11.1 Å². The van der Waals surface area contributed by atoms with Gasteiger partial charge in [0.2, 0.25) is 5.95 Å². The van der Waals surface area contributed by atoms with Crippen LogP contribution in [0.5, 0.6) is 0 Å². The van der Waals surface area contributed by atoms with E-state index in [1.807, 2.05) is 24.3 Å². The summed E-state index contributed by atoms with van der Waals surface area (Å²) in [7, 11) is 0. The molecule has 0 spiro atoms. The molecule has 0 bridgehead atoms. The second-order valence-electron chi connectivity index (χ2n) is 4.79. The molecule has 0 saturated heterocycles. The summed E-state index contributed by atoms with van der Waals surface area (Å²) in [4.78, 5) is 8.76. The molecule has 0 aliphatic rings. The minimum atomic E-state index is 0.502. The Balaban J connectivity index is 1.82. The minimum absolute atomic E-state index is 0.502. The lowest BCUT2D eigenvalue weighted by atomic mass is 10.1. The Bertz CT molecular complexity index is 735. The van der Waals surface area contributed by atoms with Gasteiger partial charge in [0.25, 0.3) is 0 Å². The van der Waals surface area contributed by atoms with Gasteiger partial charge < -0.3 is 11.1 Å². The van der Waals surface area contributed by atoms with Crippen LogP contribution in [-0.2, 0) is 6.54 Å². The second kappa shape index (κ2) is 5.17. The van der Waals surface area contributed by atoms with Crippen LogP contribution in [0.2, 0.25) is 0 Å². The van der Waals surface area contributed by atoms with Gasteiger partial charge in [-0.05, 0) is 24.6 Å². The number of hydrogen-bond donors (Lipinski definition) is 2. The number of aryl methyl sites for hydroxylation is 1. The van der Waals surface area contributed by atoms with Gasteiger partial charge in [0.1, 0.15) is 5.82 Å². The highest BCUT2D eigenvalue weighted by molar-refractivity contribution is 5.88. The molecule has 4 heteroatoms. The van der Waals surface area contributed by atoms with Crippen LogP contribution in [0.1, 0.15) is 11.1 Å². The van der Waals surface area contributed by atoms with Crippen molar-refractivity contribution in [2.24, 2.45) is 0 Å². The Kier molecular flexibility index (Phi) is 3.21. The maximum atomic E-state index is 5.95. The predicted octanol–water partition coefficient (Wildman–Crippen LogP) is 3.13. The summed E-state index contributed by atoms with van der Waals surface area (Å²) in [5.41, 5.74) is 9.24. The summed E-state index contributed by atoms with van der Waals surface area (Å²) in [5, 5.41) is 4.09. The summed E-state index contributed by atoms with van der Waals surface area (Å²) < 4.78 is 0. The third kappa shape index (κ3) is 2.54. The van der Waals surface area contributed by atoms with E-state index in [0.29, 0.717) is 18.3 Å². The summed E-state index contributed by atoms with van der Waals surface area (Å²) >= 11 is 0. The van der Waals surface area contributed by atoms with E-state index in [4.69, 9.17) is 5.73 Å². The van der Waals surface area contributed by atoms with Gasteiger partial charge in [-0.1, -0.05) is 42.0 Å². The first-order valence-electron chi connectivity index (χ1n) is 6.54. The van der Waals surface area contributed by atoms with Crippen molar-refractivity contribution in [1.82, 2.24) is 9.97 Å². The van der Waals surface area contributed by atoms with E-state index >= 15 is 0 Å². The topological polar surface area (TPSA) is 63.8 Å². The van der Waals surface area contributed by atoms with Crippen molar-refractivity contribution in [1.29, 1.82) is 0 Å². The van der Waals surface area contributed by atoms with E-state index in [1.165, 1.54) is 11.1 Å². The lowest BCUT2D eigenvalue weighted by Gasteiger charge is -2.08. The number of rotatable bonds is 3. The van der Waals surface area contributed by atoms with E-state index in [1.54, 1.807) is 0 Å². The maximum absolute atomic E-state index is 5.95. The highest BCUT2D eigenvalue weighted by atomic mass is 15.1. The standard InChI is InChI=1S/C16H16N4/c1-11-6-8-12(9-7-11)10-18-16-19-14-5-3-2-4-13(14)15(17)20-16/h2-9H,10H2,1H3,(H3,17,18,19,20). The average Bonchev–Trinajstić information content (AvgIpc) is 2.47. The fourth-order valence-corrected chi connectivity index (χ4v) is 2.07. The number of hydrogen-bond acceptors (Lipinski definition) is 4. The van der Waals surface area contributed by atoms with Crippen molar-refractivity contribution in [3.8, 4) is 0 Å². The van der Waals surface area contributed by atoms with Gasteiger partial charge in [0.15, 0.2) is 0 Å². The van der Waals surface area contributed by atoms with Gasteiger partial charge in [-0.15, -0.1) is 0 Å². The molecule has 0 saturated carbocycles. The summed E-state index contributed by atoms with van der Waals surface area (Å²) in [5.74, 6) is 1.06. The third-order valence-corrected chi connectivity index (χ3v) is 3.20. The molecule has 3 rings (SSSR count). The van der Waals surface area contributed by atoms with Crippen LogP contribution >= 0.6 is 0 Å². The van der Waals surface area contributed by atoms with Crippen molar-refractivity contribution in [2.75, 3.05) is 11.1 Å². The summed E-state index contributed by atoms with van der Waals surface area (Å²) in [6.07, 6.45) is 0. The van der Waals surface area contributed by atoms with E-state index in [-0.39, 0.29) is 0 Å². The van der Waals surface area contributed by atoms with Crippen molar-refractivity contribution in [2.45, 2.75) is 13.5 Å². The lowest BCUT2D eigenvalue weighted by molar-refractivity contribution is 1.07. The van der Waals surface area contributed by atoms with Crippen molar-refractivity contribution < 1.29 is 0 Å². The van der Waals surface area contributed by atoms with Crippen molar-refractivity contribution >= 4 is 22.7 Å².